The van der Waals surface area contributed by atoms with Gasteiger partial charge in [0.25, 0.3) is 0 Å². The van der Waals surface area contributed by atoms with E-state index >= 15 is 0 Å². The molecule has 0 bridgehead atoms. The van der Waals surface area contributed by atoms with E-state index in [0.717, 1.165) is 31.7 Å². The van der Waals surface area contributed by atoms with Crippen LogP contribution in [0.3, 0.4) is 0 Å². The summed E-state index contributed by atoms with van der Waals surface area (Å²) in [6, 6.07) is 0. The standard InChI is InChI=1S/C9H13NO3/c1-7-4-5-10(6-7)8(11)2-3-9(12)13/h2-3,7H,4-6H2,1H3,(H,12,13)/b3-2+. The molecule has 13 heavy (non-hydrogen) atoms. The van der Waals surface area contributed by atoms with Crippen molar-refractivity contribution in [2.75, 3.05) is 13.1 Å². The van der Waals surface area contributed by atoms with Gasteiger partial charge in [0.05, 0.1) is 0 Å². The molecule has 0 aromatic rings. The molecule has 1 saturated heterocycles. The van der Waals surface area contributed by atoms with Crippen LogP contribution < -0.4 is 0 Å². The highest BCUT2D eigenvalue weighted by Crippen LogP contribution is 2.14. The zero-order valence-electron chi connectivity index (χ0n) is 7.56. The third-order valence-corrected chi connectivity index (χ3v) is 2.10. The molecule has 4 heteroatoms. The summed E-state index contributed by atoms with van der Waals surface area (Å²) in [6.45, 7) is 3.56. The van der Waals surface area contributed by atoms with Crippen molar-refractivity contribution in [3.63, 3.8) is 0 Å². The Hall–Kier alpha value is -1.32. The fraction of sp³-hybridized carbons (Fsp3) is 0.556. The highest BCUT2D eigenvalue weighted by atomic mass is 16.4. The Balaban J connectivity index is 2.44. The van der Waals surface area contributed by atoms with Crippen LogP contribution in [-0.4, -0.2) is 35.0 Å². The number of aliphatic carboxylic acids is 1. The van der Waals surface area contributed by atoms with Crippen LogP contribution in [0.15, 0.2) is 12.2 Å². The zero-order chi connectivity index (χ0) is 9.84. The number of nitrogens with zero attached hydrogens (tertiary/aromatic N) is 1. The lowest BCUT2D eigenvalue weighted by Gasteiger charge is -2.12. The van der Waals surface area contributed by atoms with Gasteiger partial charge in [0.15, 0.2) is 0 Å². The number of hydrogen-bond acceptors (Lipinski definition) is 2. The largest absolute Gasteiger partial charge is 0.478 e. The van der Waals surface area contributed by atoms with Gasteiger partial charge in [-0.1, -0.05) is 6.92 Å². The molecule has 4 nitrogen and oxygen atoms in total. The Morgan fingerprint density at radius 2 is 2.15 bits per heavy atom. The maximum Gasteiger partial charge on any atom is 0.328 e. The normalized spacial score (nSPS) is 22.5. The molecule has 1 heterocycles. The number of rotatable bonds is 2. The predicted octanol–water partition coefficient (Wildman–Crippen LogP) is 0.496. The second-order valence-corrected chi connectivity index (χ2v) is 3.35. The average Bonchev–Trinajstić information content (AvgIpc) is 2.47. The van der Waals surface area contributed by atoms with E-state index in [2.05, 4.69) is 6.92 Å². The average molecular weight is 183 g/mol. The first kappa shape index (κ1) is 9.77. The molecule has 1 aliphatic rings. The Labute approximate surface area is 76.8 Å². The van der Waals surface area contributed by atoms with Crippen molar-refractivity contribution in [3.8, 4) is 0 Å². The molecule has 1 N–H and O–H groups in total. The van der Waals surface area contributed by atoms with Crippen LogP contribution >= 0.6 is 0 Å². The summed E-state index contributed by atoms with van der Waals surface area (Å²) < 4.78 is 0. The Morgan fingerprint density at radius 1 is 1.46 bits per heavy atom. The minimum absolute atomic E-state index is 0.202. The quantitative estimate of drug-likeness (QED) is 0.634. The van der Waals surface area contributed by atoms with E-state index in [4.69, 9.17) is 5.11 Å². The second kappa shape index (κ2) is 4.07. The van der Waals surface area contributed by atoms with Crippen molar-refractivity contribution in [1.29, 1.82) is 0 Å². The summed E-state index contributed by atoms with van der Waals surface area (Å²) >= 11 is 0. The van der Waals surface area contributed by atoms with Gasteiger partial charge in [-0.3, -0.25) is 4.79 Å². The SMILES string of the molecule is CC1CCN(C(=O)/C=C/C(=O)O)C1. The van der Waals surface area contributed by atoms with Crippen molar-refractivity contribution in [3.05, 3.63) is 12.2 Å². The van der Waals surface area contributed by atoms with Gasteiger partial charge in [-0.25, -0.2) is 4.79 Å². The number of carboxylic acid groups (broad SMARTS) is 1. The number of likely N-dealkylation sites (tertiary alicyclic amines) is 1. The summed E-state index contributed by atoms with van der Waals surface area (Å²) in [5, 5.41) is 8.30. The number of carboxylic acids is 1. The molecule has 1 aliphatic heterocycles. The lowest BCUT2D eigenvalue weighted by molar-refractivity contribution is -0.132. The number of carbonyl (C=O) groups is 2. The molecule has 1 rings (SSSR count). The molecule has 1 fully saturated rings. The predicted molar refractivity (Wildman–Crippen MR) is 47.1 cm³/mol. The van der Waals surface area contributed by atoms with Gasteiger partial charge in [0.1, 0.15) is 0 Å². The van der Waals surface area contributed by atoms with Gasteiger partial charge in [-0.05, 0) is 12.3 Å². The first-order valence-electron chi connectivity index (χ1n) is 4.29. The molecule has 0 saturated carbocycles. The van der Waals surface area contributed by atoms with Gasteiger partial charge < -0.3 is 10.0 Å². The van der Waals surface area contributed by atoms with E-state index in [0.29, 0.717) is 5.92 Å². The van der Waals surface area contributed by atoms with Gasteiger partial charge in [-0.15, -0.1) is 0 Å². The highest BCUT2D eigenvalue weighted by molar-refractivity contribution is 5.94. The van der Waals surface area contributed by atoms with Crippen molar-refractivity contribution in [1.82, 2.24) is 4.90 Å². The van der Waals surface area contributed by atoms with Crippen molar-refractivity contribution in [2.45, 2.75) is 13.3 Å². The van der Waals surface area contributed by atoms with Crippen LogP contribution in [0.5, 0.6) is 0 Å². The molecule has 72 valence electrons. The third kappa shape index (κ3) is 2.89. The van der Waals surface area contributed by atoms with Crippen LogP contribution in [-0.2, 0) is 9.59 Å². The maximum atomic E-state index is 11.3. The first-order valence-corrected chi connectivity index (χ1v) is 4.29. The fourth-order valence-corrected chi connectivity index (χ4v) is 1.38. The molecular weight excluding hydrogens is 170 g/mol. The minimum Gasteiger partial charge on any atom is -0.478 e. The number of carbonyl (C=O) groups excluding carboxylic acids is 1. The topological polar surface area (TPSA) is 57.6 Å². The second-order valence-electron chi connectivity index (χ2n) is 3.35. The summed E-state index contributed by atoms with van der Waals surface area (Å²) in [7, 11) is 0. The number of hydrogen-bond donors (Lipinski definition) is 1. The molecule has 0 spiro atoms. The lowest BCUT2D eigenvalue weighted by atomic mass is 10.2. The van der Waals surface area contributed by atoms with Gasteiger partial charge >= 0.3 is 5.97 Å². The van der Waals surface area contributed by atoms with Crippen LogP contribution in [0.4, 0.5) is 0 Å². The molecular formula is C9H13NO3. The highest BCUT2D eigenvalue weighted by Gasteiger charge is 2.21. The fourth-order valence-electron chi connectivity index (χ4n) is 1.38. The number of amides is 1. The molecule has 1 atom stereocenters. The zero-order valence-corrected chi connectivity index (χ0v) is 7.56. The van der Waals surface area contributed by atoms with Crippen LogP contribution in [0.2, 0.25) is 0 Å². The summed E-state index contributed by atoms with van der Waals surface area (Å²) in [4.78, 5) is 23.1. The van der Waals surface area contributed by atoms with E-state index in [1.807, 2.05) is 0 Å². The van der Waals surface area contributed by atoms with Crippen molar-refractivity contribution < 1.29 is 14.7 Å². The minimum atomic E-state index is -1.08. The maximum absolute atomic E-state index is 11.3. The Bertz CT molecular complexity index is 247. The summed E-state index contributed by atoms with van der Waals surface area (Å²) in [5.74, 6) is -0.755. The van der Waals surface area contributed by atoms with E-state index in [1.54, 1.807) is 4.90 Å². The van der Waals surface area contributed by atoms with Gasteiger partial charge in [0.2, 0.25) is 5.91 Å². The molecule has 0 radical (unpaired) electrons. The first-order chi connectivity index (χ1) is 6.09. The van der Waals surface area contributed by atoms with Crippen LogP contribution in [0, 0.1) is 5.92 Å². The molecule has 0 aromatic heterocycles. The van der Waals surface area contributed by atoms with Gasteiger partial charge in [0, 0.05) is 25.2 Å². The van der Waals surface area contributed by atoms with E-state index in [9.17, 15) is 9.59 Å². The summed E-state index contributed by atoms with van der Waals surface area (Å²) in [5.41, 5.74) is 0. The Morgan fingerprint density at radius 3 is 2.62 bits per heavy atom. The molecule has 1 amide bonds. The van der Waals surface area contributed by atoms with Gasteiger partial charge in [-0.2, -0.15) is 0 Å². The monoisotopic (exact) mass is 183 g/mol. The van der Waals surface area contributed by atoms with Crippen molar-refractivity contribution in [2.24, 2.45) is 5.92 Å². The smallest absolute Gasteiger partial charge is 0.328 e. The third-order valence-electron chi connectivity index (χ3n) is 2.10. The van der Waals surface area contributed by atoms with Crippen LogP contribution in [0.1, 0.15) is 13.3 Å². The van der Waals surface area contributed by atoms with Crippen molar-refractivity contribution >= 4 is 11.9 Å². The van der Waals surface area contributed by atoms with E-state index in [1.165, 1.54) is 0 Å². The summed E-state index contributed by atoms with van der Waals surface area (Å²) in [6.07, 6.45) is 3.00. The van der Waals surface area contributed by atoms with Crippen LogP contribution in [0.25, 0.3) is 0 Å². The molecule has 0 aromatic carbocycles. The molecule has 0 aliphatic carbocycles. The van der Waals surface area contributed by atoms with E-state index in [-0.39, 0.29) is 5.91 Å². The molecule has 1 unspecified atom stereocenters. The van der Waals surface area contributed by atoms with E-state index < -0.39 is 5.97 Å². The lowest BCUT2D eigenvalue weighted by Crippen LogP contribution is -2.26. The Kier molecular flexibility index (Phi) is 3.06.